The highest BCUT2D eigenvalue weighted by molar-refractivity contribution is 7.80. The molecule has 0 spiro atoms. The minimum Gasteiger partial charge on any atom is -0.444 e. The number of rotatable bonds is 7. The van der Waals surface area contributed by atoms with Crippen molar-refractivity contribution in [3.63, 3.8) is 0 Å². The van der Waals surface area contributed by atoms with Gasteiger partial charge >= 0.3 is 5.97 Å². The van der Waals surface area contributed by atoms with E-state index in [2.05, 4.69) is 15.6 Å². The number of hydrogen-bond acceptors (Lipinski definition) is 5. The fourth-order valence-electron chi connectivity index (χ4n) is 3.06. The molecule has 11 heteroatoms. The molecule has 0 fully saturated rings. The van der Waals surface area contributed by atoms with Gasteiger partial charge in [-0.15, -0.1) is 0 Å². The van der Waals surface area contributed by atoms with Crippen LogP contribution in [0.2, 0.25) is 0 Å². The third-order valence-electron chi connectivity index (χ3n) is 4.67. The fourth-order valence-corrected chi connectivity index (χ4v) is 3.84. The number of benzene rings is 2. The molecule has 0 aliphatic rings. The molecule has 1 aromatic heterocycles. The second-order valence-electron chi connectivity index (χ2n) is 7.24. The van der Waals surface area contributed by atoms with Crippen LogP contribution in [0.25, 0.3) is 17.0 Å². The first-order valence-corrected chi connectivity index (χ1v) is 11.8. The maximum absolute atomic E-state index is 12.7. The van der Waals surface area contributed by atoms with Crippen LogP contribution in [0.3, 0.4) is 0 Å². The van der Waals surface area contributed by atoms with Gasteiger partial charge in [-0.25, -0.2) is 0 Å². The van der Waals surface area contributed by atoms with Gasteiger partial charge in [-0.2, -0.15) is 0 Å². The quantitative estimate of drug-likeness (QED) is 0.136. The van der Waals surface area contributed by atoms with Gasteiger partial charge in [0, 0.05) is 24.6 Å². The van der Waals surface area contributed by atoms with E-state index in [1.165, 1.54) is 17.9 Å². The van der Waals surface area contributed by atoms with Crippen molar-refractivity contribution in [1.82, 2.24) is 15.2 Å². The number of alkyl halides is 3. The number of carbonyl (C=O) groups excluding carboxylic acids is 2. The summed E-state index contributed by atoms with van der Waals surface area (Å²) < 4.78 is 3.09. The first kappa shape index (κ1) is 26.7. The minimum atomic E-state index is -2.04. The summed E-state index contributed by atoms with van der Waals surface area (Å²) in [4.78, 5) is 29.9. The summed E-state index contributed by atoms with van der Waals surface area (Å²) in [5.74, 6) is -1.13. The molecular formula is C24H21Cl3N4O3S. The molecule has 0 saturated carbocycles. The lowest BCUT2D eigenvalue weighted by atomic mass is 10.2. The predicted molar refractivity (Wildman–Crippen MR) is 144 cm³/mol. The molecule has 0 saturated heterocycles. The van der Waals surface area contributed by atoms with Gasteiger partial charge < -0.3 is 15.4 Å². The van der Waals surface area contributed by atoms with Gasteiger partial charge in [0.25, 0.3) is 0 Å². The number of para-hydroxylation sites is 1. The van der Waals surface area contributed by atoms with E-state index < -0.39 is 21.8 Å². The third kappa shape index (κ3) is 7.80. The number of hydrogen-bond donors (Lipinski definition) is 2. The van der Waals surface area contributed by atoms with Crippen molar-refractivity contribution in [1.29, 1.82) is 0 Å². The second kappa shape index (κ2) is 12.2. The standard InChI is InChI=1S/C24H21Cl3N4O3S/c1-16(32)34-15-31(23(35)29-19-11-5-9-18-10-6-14-28-21(18)19)22(24(25,26)27)30-20(33)13-12-17-7-3-2-4-8-17/h2-14,22H,15H2,1H3,(H,29,35)(H,30,33)/b13-12+. The average Bonchev–Trinajstić information content (AvgIpc) is 2.82. The molecule has 7 nitrogen and oxygen atoms in total. The molecule has 35 heavy (non-hydrogen) atoms. The van der Waals surface area contributed by atoms with Gasteiger partial charge in [0.05, 0.1) is 11.2 Å². The smallest absolute Gasteiger partial charge is 0.304 e. The number of anilines is 1. The van der Waals surface area contributed by atoms with Crippen molar-refractivity contribution in [2.75, 3.05) is 12.0 Å². The Kier molecular flexibility index (Phi) is 9.28. The number of amides is 1. The lowest BCUT2D eigenvalue weighted by Gasteiger charge is -2.37. The van der Waals surface area contributed by atoms with Gasteiger partial charge in [-0.1, -0.05) is 83.3 Å². The largest absolute Gasteiger partial charge is 0.444 e. The van der Waals surface area contributed by atoms with Crippen LogP contribution in [0.5, 0.6) is 0 Å². The Morgan fingerprint density at radius 1 is 1.11 bits per heavy atom. The molecule has 182 valence electrons. The summed E-state index contributed by atoms with van der Waals surface area (Å²) in [7, 11) is 0. The van der Waals surface area contributed by atoms with Crippen molar-refractivity contribution in [2.45, 2.75) is 16.9 Å². The Balaban J connectivity index is 1.87. The number of carbonyl (C=O) groups is 2. The molecule has 0 aliphatic heterocycles. The first-order valence-electron chi connectivity index (χ1n) is 10.3. The van der Waals surface area contributed by atoms with Crippen molar-refractivity contribution < 1.29 is 14.3 Å². The number of fused-ring (bicyclic) bond motifs is 1. The molecule has 1 atom stereocenters. The predicted octanol–water partition coefficient (Wildman–Crippen LogP) is 5.28. The number of aromatic nitrogens is 1. The molecule has 1 heterocycles. The second-order valence-corrected chi connectivity index (χ2v) is 10.00. The number of nitrogens with one attached hydrogen (secondary N) is 2. The molecule has 0 bridgehead atoms. The fraction of sp³-hybridized carbons (Fsp3) is 0.167. The summed E-state index contributed by atoms with van der Waals surface area (Å²) in [6.07, 6.45) is 3.27. The van der Waals surface area contributed by atoms with E-state index in [9.17, 15) is 9.59 Å². The number of nitrogens with zero attached hydrogens (tertiary/aromatic N) is 2. The highest BCUT2D eigenvalue weighted by Gasteiger charge is 2.40. The van der Waals surface area contributed by atoms with Crippen LogP contribution < -0.4 is 10.6 Å². The van der Waals surface area contributed by atoms with E-state index in [1.54, 1.807) is 18.3 Å². The van der Waals surface area contributed by atoms with Gasteiger partial charge in [0.15, 0.2) is 18.0 Å². The zero-order chi connectivity index (χ0) is 25.4. The number of ether oxygens (including phenoxy) is 1. The Morgan fingerprint density at radius 3 is 2.51 bits per heavy atom. The van der Waals surface area contributed by atoms with Crippen LogP contribution in [0, 0.1) is 0 Å². The first-order chi connectivity index (χ1) is 16.6. The summed E-state index contributed by atoms with van der Waals surface area (Å²) in [6.45, 7) is 0.843. The summed E-state index contributed by atoms with van der Waals surface area (Å²) in [5, 5.41) is 6.59. The van der Waals surface area contributed by atoms with E-state index in [0.717, 1.165) is 10.9 Å². The lowest BCUT2D eigenvalue weighted by molar-refractivity contribution is -0.144. The van der Waals surface area contributed by atoms with Gasteiger partial charge in [0.2, 0.25) is 9.70 Å². The Hall–Kier alpha value is -2.91. The van der Waals surface area contributed by atoms with Crippen LogP contribution in [0.1, 0.15) is 12.5 Å². The summed E-state index contributed by atoms with van der Waals surface area (Å²) in [5.41, 5.74) is 2.05. The molecule has 0 aliphatic carbocycles. The highest BCUT2D eigenvalue weighted by Crippen LogP contribution is 2.33. The SMILES string of the molecule is CC(=O)OCN(C(=S)Nc1cccc2cccnc12)C(NC(=O)/C=C/c1ccccc1)C(Cl)(Cl)Cl. The van der Waals surface area contributed by atoms with Crippen molar-refractivity contribution >= 4 is 86.7 Å². The van der Waals surface area contributed by atoms with Crippen LogP contribution in [-0.4, -0.2) is 43.6 Å². The third-order valence-corrected chi connectivity index (χ3v) is 5.63. The van der Waals surface area contributed by atoms with E-state index >= 15 is 0 Å². The maximum atomic E-state index is 12.7. The summed E-state index contributed by atoms with van der Waals surface area (Å²) in [6, 6.07) is 18.4. The van der Waals surface area contributed by atoms with E-state index in [-0.39, 0.29) is 11.8 Å². The average molecular weight is 552 g/mol. The van der Waals surface area contributed by atoms with E-state index in [4.69, 9.17) is 51.8 Å². The number of thiocarbonyl (C=S) groups is 1. The molecule has 1 amide bonds. The van der Waals surface area contributed by atoms with Gasteiger partial charge in [-0.3, -0.25) is 19.5 Å². The molecule has 2 aromatic carbocycles. The number of halogens is 3. The van der Waals surface area contributed by atoms with E-state index in [1.807, 2.05) is 54.6 Å². The maximum Gasteiger partial charge on any atom is 0.304 e. The lowest BCUT2D eigenvalue weighted by Crippen LogP contribution is -2.58. The summed E-state index contributed by atoms with van der Waals surface area (Å²) >= 11 is 24.2. The van der Waals surface area contributed by atoms with E-state index in [0.29, 0.717) is 11.2 Å². The molecule has 0 radical (unpaired) electrons. The van der Waals surface area contributed by atoms with Crippen LogP contribution in [0.4, 0.5) is 5.69 Å². The zero-order valence-electron chi connectivity index (χ0n) is 18.5. The highest BCUT2D eigenvalue weighted by atomic mass is 35.6. The van der Waals surface area contributed by atoms with Crippen LogP contribution >= 0.6 is 47.0 Å². The van der Waals surface area contributed by atoms with Crippen LogP contribution in [0.15, 0.2) is 72.9 Å². The van der Waals surface area contributed by atoms with Crippen molar-refractivity contribution in [3.8, 4) is 0 Å². The Bertz CT molecular complexity index is 1230. The Morgan fingerprint density at radius 2 is 1.83 bits per heavy atom. The number of esters is 1. The molecular weight excluding hydrogens is 531 g/mol. The van der Waals surface area contributed by atoms with Gasteiger partial charge in [-0.05, 0) is 36.0 Å². The van der Waals surface area contributed by atoms with Gasteiger partial charge in [0.1, 0.15) is 0 Å². The molecule has 3 rings (SSSR count). The van der Waals surface area contributed by atoms with Crippen molar-refractivity contribution in [3.05, 3.63) is 78.5 Å². The Labute approximate surface area is 223 Å². The zero-order valence-corrected chi connectivity index (χ0v) is 21.5. The molecule has 3 aromatic rings. The molecule has 2 N–H and O–H groups in total. The normalized spacial score (nSPS) is 12.2. The molecule has 1 unspecified atom stereocenters. The number of pyridine rings is 1. The van der Waals surface area contributed by atoms with Crippen molar-refractivity contribution in [2.24, 2.45) is 0 Å². The topological polar surface area (TPSA) is 83.6 Å². The minimum absolute atomic E-state index is 0.0352. The van der Waals surface area contributed by atoms with Crippen LogP contribution in [-0.2, 0) is 14.3 Å². The monoisotopic (exact) mass is 550 g/mol.